The van der Waals surface area contributed by atoms with Gasteiger partial charge in [0.15, 0.2) is 0 Å². The number of hydrogen-bond acceptors (Lipinski definition) is 4. The van der Waals surface area contributed by atoms with Gasteiger partial charge in [0.1, 0.15) is 10.6 Å². The maximum Gasteiger partial charge on any atom is 0.244 e. The van der Waals surface area contributed by atoms with Crippen molar-refractivity contribution in [3.8, 4) is 5.75 Å². The minimum Gasteiger partial charge on any atom is -0.495 e. The average molecular weight is 386 g/mol. The van der Waals surface area contributed by atoms with Crippen molar-refractivity contribution in [2.45, 2.75) is 17.6 Å². The van der Waals surface area contributed by atoms with Crippen molar-refractivity contribution in [3.05, 3.63) is 58.6 Å². The van der Waals surface area contributed by atoms with Gasteiger partial charge >= 0.3 is 0 Å². The zero-order valence-electron chi connectivity index (χ0n) is 13.6. The highest BCUT2D eigenvalue weighted by atomic mass is 35.5. The molecule has 0 saturated carbocycles. The molecule has 2 aromatic carbocycles. The molecule has 0 aliphatic rings. The quantitative estimate of drug-likeness (QED) is 0.701. The van der Waals surface area contributed by atoms with E-state index in [0.717, 1.165) is 5.75 Å². The predicted molar refractivity (Wildman–Crippen MR) is 101 cm³/mol. The molecule has 2 aromatic rings. The lowest BCUT2D eigenvalue weighted by atomic mass is 10.2. The molecule has 7 heteroatoms. The van der Waals surface area contributed by atoms with Crippen molar-refractivity contribution < 1.29 is 13.2 Å². The van der Waals surface area contributed by atoms with E-state index in [-0.39, 0.29) is 10.6 Å². The van der Waals surface area contributed by atoms with Crippen LogP contribution in [0.4, 0.5) is 0 Å². The minimum absolute atomic E-state index is 0.0565. The number of hydrogen-bond donors (Lipinski definition) is 1. The molecule has 0 aromatic heterocycles. The first kappa shape index (κ1) is 19.1. The Kier molecular flexibility index (Phi) is 6.98. The molecule has 0 spiro atoms. The van der Waals surface area contributed by atoms with Gasteiger partial charge in [0.05, 0.1) is 7.11 Å². The van der Waals surface area contributed by atoms with Gasteiger partial charge in [-0.3, -0.25) is 0 Å². The van der Waals surface area contributed by atoms with Gasteiger partial charge in [-0.1, -0.05) is 41.4 Å². The molecule has 0 aliphatic carbocycles. The fourth-order valence-electron chi connectivity index (χ4n) is 2.06. The fraction of sp³-hybridized carbons (Fsp3) is 0.294. The topological polar surface area (TPSA) is 55.4 Å². The van der Waals surface area contributed by atoms with Crippen LogP contribution in [-0.4, -0.2) is 27.8 Å². The highest BCUT2D eigenvalue weighted by Crippen LogP contribution is 2.26. The van der Waals surface area contributed by atoms with Crippen molar-refractivity contribution in [1.82, 2.24) is 4.72 Å². The van der Waals surface area contributed by atoms with Gasteiger partial charge < -0.3 is 4.74 Å². The van der Waals surface area contributed by atoms with Gasteiger partial charge in [-0.2, -0.15) is 11.8 Å². The summed E-state index contributed by atoms with van der Waals surface area (Å²) in [6.07, 6.45) is 0. The molecule has 1 N–H and O–H groups in total. The zero-order chi connectivity index (χ0) is 17.6. The Morgan fingerprint density at radius 2 is 1.88 bits per heavy atom. The van der Waals surface area contributed by atoms with Crippen molar-refractivity contribution in [3.63, 3.8) is 0 Å². The zero-order valence-corrected chi connectivity index (χ0v) is 16.0. The van der Waals surface area contributed by atoms with Crippen molar-refractivity contribution >= 4 is 33.4 Å². The smallest absolute Gasteiger partial charge is 0.244 e. The fourth-order valence-corrected chi connectivity index (χ4v) is 4.47. The normalized spacial score (nSPS) is 11.5. The summed E-state index contributed by atoms with van der Waals surface area (Å²) in [5, 5.41) is 0.352. The Bertz CT molecular complexity index is 777. The Balaban J connectivity index is 1.87. The summed E-state index contributed by atoms with van der Waals surface area (Å²) in [7, 11) is -2.22. The summed E-state index contributed by atoms with van der Waals surface area (Å²) in [4.78, 5) is 0.0565. The van der Waals surface area contributed by atoms with Crippen LogP contribution in [0.2, 0.25) is 5.02 Å². The van der Waals surface area contributed by atoms with Crippen LogP contribution in [0.3, 0.4) is 0 Å². The number of rotatable bonds is 8. The van der Waals surface area contributed by atoms with E-state index in [1.807, 2.05) is 0 Å². The molecular formula is C17H20ClNO3S2. The average Bonchev–Trinajstić information content (AvgIpc) is 2.56. The number of nitrogens with one attached hydrogen (secondary N) is 1. The Morgan fingerprint density at radius 1 is 1.17 bits per heavy atom. The SMILES string of the molecule is COc1ccc(Cl)cc1S(=O)(=O)NCCSCc1ccc(C)cc1. The van der Waals surface area contributed by atoms with E-state index in [9.17, 15) is 8.42 Å². The Hall–Kier alpha value is -1.21. The van der Waals surface area contributed by atoms with E-state index in [1.165, 1.54) is 24.3 Å². The monoisotopic (exact) mass is 385 g/mol. The summed E-state index contributed by atoms with van der Waals surface area (Å²) in [5.41, 5.74) is 2.46. The summed E-state index contributed by atoms with van der Waals surface area (Å²) in [6, 6.07) is 12.8. The highest BCUT2D eigenvalue weighted by Gasteiger charge is 2.19. The molecule has 0 saturated heterocycles. The van der Waals surface area contributed by atoms with Crippen LogP contribution in [0, 0.1) is 6.92 Å². The van der Waals surface area contributed by atoms with Crippen LogP contribution in [0.15, 0.2) is 47.4 Å². The summed E-state index contributed by atoms with van der Waals surface area (Å²) >= 11 is 7.57. The molecular weight excluding hydrogens is 366 g/mol. The van der Waals surface area contributed by atoms with Crippen molar-refractivity contribution in [1.29, 1.82) is 0 Å². The van der Waals surface area contributed by atoms with E-state index in [4.69, 9.17) is 16.3 Å². The number of benzene rings is 2. The van der Waals surface area contributed by atoms with E-state index in [0.29, 0.717) is 17.3 Å². The highest BCUT2D eigenvalue weighted by molar-refractivity contribution is 7.98. The lowest BCUT2D eigenvalue weighted by molar-refractivity contribution is 0.402. The minimum atomic E-state index is -3.65. The van der Waals surface area contributed by atoms with Crippen LogP contribution in [0.1, 0.15) is 11.1 Å². The van der Waals surface area contributed by atoms with Crippen LogP contribution in [-0.2, 0) is 15.8 Å². The van der Waals surface area contributed by atoms with Crippen LogP contribution in [0.25, 0.3) is 0 Å². The van der Waals surface area contributed by atoms with E-state index in [1.54, 1.807) is 23.9 Å². The van der Waals surface area contributed by atoms with E-state index in [2.05, 4.69) is 35.9 Å². The number of sulfonamides is 1. The standard InChI is InChI=1S/C17H20ClNO3S2/c1-13-3-5-14(6-4-13)12-23-10-9-19-24(20,21)17-11-15(18)7-8-16(17)22-2/h3-8,11,19H,9-10,12H2,1-2H3. The lowest BCUT2D eigenvalue weighted by Gasteiger charge is -2.11. The first-order chi connectivity index (χ1) is 11.4. The Morgan fingerprint density at radius 3 is 2.54 bits per heavy atom. The predicted octanol–water partition coefficient (Wildman–Crippen LogP) is 3.87. The second kappa shape index (κ2) is 8.76. The summed E-state index contributed by atoms with van der Waals surface area (Å²) in [5.74, 6) is 1.80. The number of aryl methyl sites for hydroxylation is 1. The van der Waals surface area contributed by atoms with Gasteiger partial charge in [-0.05, 0) is 30.7 Å². The lowest BCUT2D eigenvalue weighted by Crippen LogP contribution is -2.26. The molecule has 2 rings (SSSR count). The van der Waals surface area contributed by atoms with Crippen LogP contribution in [0.5, 0.6) is 5.75 Å². The first-order valence-electron chi connectivity index (χ1n) is 7.39. The molecule has 0 bridgehead atoms. The second-order valence-corrected chi connectivity index (χ2v) is 8.51. The molecule has 130 valence electrons. The van der Waals surface area contributed by atoms with Gasteiger partial charge in [0, 0.05) is 23.1 Å². The van der Waals surface area contributed by atoms with Gasteiger partial charge in [0.2, 0.25) is 10.0 Å². The molecule has 0 heterocycles. The van der Waals surface area contributed by atoms with Gasteiger partial charge in [-0.25, -0.2) is 13.1 Å². The molecule has 0 unspecified atom stereocenters. The maximum absolute atomic E-state index is 12.4. The van der Waals surface area contributed by atoms with Crippen molar-refractivity contribution in [2.75, 3.05) is 19.4 Å². The first-order valence-corrected chi connectivity index (χ1v) is 10.4. The van der Waals surface area contributed by atoms with Crippen molar-refractivity contribution in [2.24, 2.45) is 0 Å². The molecule has 4 nitrogen and oxygen atoms in total. The van der Waals surface area contributed by atoms with Crippen LogP contribution < -0.4 is 9.46 Å². The molecule has 0 fully saturated rings. The number of thioether (sulfide) groups is 1. The third-order valence-electron chi connectivity index (χ3n) is 3.34. The molecule has 0 amide bonds. The summed E-state index contributed by atoms with van der Waals surface area (Å²) in [6.45, 7) is 2.39. The van der Waals surface area contributed by atoms with E-state index < -0.39 is 10.0 Å². The van der Waals surface area contributed by atoms with E-state index >= 15 is 0 Å². The molecule has 0 aliphatic heterocycles. The van der Waals surface area contributed by atoms with Gasteiger partial charge in [-0.15, -0.1) is 0 Å². The third-order valence-corrected chi connectivity index (χ3v) is 6.09. The molecule has 24 heavy (non-hydrogen) atoms. The van der Waals surface area contributed by atoms with Crippen LogP contribution >= 0.6 is 23.4 Å². The Labute approximate surface area is 152 Å². The molecule has 0 atom stereocenters. The number of ether oxygens (including phenoxy) is 1. The van der Waals surface area contributed by atoms with Gasteiger partial charge in [0.25, 0.3) is 0 Å². The maximum atomic E-state index is 12.4. The number of methoxy groups -OCH3 is 1. The largest absolute Gasteiger partial charge is 0.495 e. The summed E-state index contributed by atoms with van der Waals surface area (Å²) < 4.78 is 32.4. The number of halogens is 1. The third kappa shape index (κ3) is 5.41. The molecule has 0 radical (unpaired) electrons. The second-order valence-electron chi connectivity index (χ2n) is 5.23.